The van der Waals surface area contributed by atoms with Gasteiger partial charge in [0.25, 0.3) is 0 Å². The lowest BCUT2D eigenvalue weighted by Gasteiger charge is -2.29. The smallest absolute Gasteiger partial charge is 0.237 e. The van der Waals surface area contributed by atoms with Gasteiger partial charge >= 0.3 is 0 Å². The van der Waals surface area contributed by atoms with Crippen LogP contribution < -0.4 is 16.0 Å². The molecule has 6 heteroatoms. The highest BCUT2D eigenvalue weighted by Gasteiger charge is 2.39. The highest BCUT2D eigenvalue weighted by atomic mass is 16.2. The van der Waals surface area contributed by atoms with Gasteiger partial charge < -0.3 is 16.0 Å². The van der Waals surface area contributed by atoms with Crippen molar-refractivity contribution in [3.63, 3.8) is 0 Å². The maximum Gasteiger partial charge on any atom is 0.237 e. The zero-order valence-corrected chi connectivity index (χ0v) is 17.5. The van der Waals surface area contributed by atoms with E-state index in [1.165, 1.54) is 0 Å². The van der Waals surface area contributed by atoms with Crippen LogP contribution in [0.1, 0.15) is 68.7 Å². The molecule has 0 aromatic carbocycles. The molecule has 0 radical (unpaired) electrons. The van der Waals surface area contributed by atoms with Crippen LogP contribution in [0.2, 0.25) is 0 Å². The monoisotopic (exact) mass is 354 g/mol. The van der Waals surface area contributed by atoms with E-state index in [1.807, 2.05) is 46.4 Å². The van der Waals surface area contributed by atoms with Gasteiger partial charge in [-0.3, -0.25) is 14.5 Å². The number of hydrogen-bond donors (Lipinski definition) is 3. The summed E-state index contributed by atoms with van der Waals surface area (Å²) in [4.78, 5) is 27.1. The molecule has 1 fully saturated rings. The molecule has 0 spiro atoms. The summed E-state index contributed by atoms with van der Waals surface area (Å²) in [5, 5.41) is 9.60. The average molecular weight is 355 g/mol. The molecule has 0 aromatic rings. The molecule has 146 valence electrons. The summed E-state index contributed by atoms with van der Waals surface area (Å²) in [7, 11) is 0. The topological polar surface area (TPSA) is 73.5 Å². The van der Waals surface area contributed by atoms with E-state index in [2.05, 4.69) is 36.7 Å². The van der Waals surface area contributed by atoms with Crippen molar-refractivity contribution in [3.05, 3.63) is 0 Å². The van der Waals surface area contributed by atoms with Gasteiger partial charge in [0.2, 0.25) is 11.8 Å². The Hall–Kier alpha value is -1.14. The van der Waals surface area contributed by atoms with Gasteiger partial charge in [-0.05, 0) is 68.7 Å². The minimum atomic E-state index is -0.287. The number of carbonyl (C=O) groups excluding carboxylic acids is 2. The molecule has 6 nitrogen and oxygen atoms in total. The zero-order chi connectivity index (χ0) is 19.6. The fourth-order valence-corrected chi connectivity index (χ4v) is 3.16. The Morgan fingerprint density at radius 1 is 0.880 bits per heavy atom. The van der Waals surface area contributed by atoms with E-state index in [1.54, 1.807) is 0 Å². The molecule has 0 saturated carbocycles. The van der Waals surface area contributed by atoms with Crippen molar-refractivity contribution in [3.8, 4) is 0 Å². The Morgan fingerprint density at radius 2 is 1.40 bits per heavy atom. The van der Waals surface area contributed by atoms with E-state index < -0.39 is 0 Å². The van der Waals surface area contributed by atoms with Gasteiger partial charge in [-0.15, -0.1) is 0 Å². The predicted octanol–water partition coefficient (Wildman–Crippen LogP) is 1.65. The summed E-state index contributed by atoms with van der Waals surface area (Å²) in [6.45, 7) is 19.1. The van der Waals surface area contributed by atoms with Crippen molar-refractivity contribution in [1.29, 1.82) is 0 Å². The third kappa shape index (κ3) is 8.68. The quantitative estimate of drug-likeness (QED) is 0.718. The van der Waals surface area contributed by atoms with Crippen LogP contribution >= 0.6 is 0 Å². The third-order valence-electron chi connectivity index (χ3n) is 3.70. The first-order valence-electron chi connectivity index (χ1n) is 9.20. The van der Waals surface area contributed by atoms with Crippen molar-refractivity contribution >= 4 is 11.8 Å². The lowest BCUT2D eigenvalue weighted by molar-refractivity contribution is -0.129. The Kier molecular flexibility index (Phi) is 6.68. The standard InChI is InChI=1S/C19H38N4O2/c1-17(2,3)20-13-10-14(16(25)22-19(7,8)9)23(11-13)12-15(24)21-18(4,5)6/h13-14,20H,10-12H2,1-9H3,(H,21,24)(H,22,25). The van der Waals surface area contributed by atoms with Crippen LogP contribution in [0.15, 0.2) is 0 Å². The first-order chi connectivity index (χ1) is 11.1. The molecule has 1 aliphatic heterocycles. The van der Waals surface area contributed by atoms with Crippen LogP contribution in [0.25, 0.3) is 0 Å². The second-order valence-corrected chi connectivity index (χ2v) is 10.3. The molecule has 1 rings (SSSR count). The number of amides is 2. The van der Waals surface area contributed by atoms with Crippen LogP contribution in [0.4, 0.5) is 0 Å². The van der Waals surface area contributed by atoms with Crippen molar-refractivity contribution in [2.24, 2.45) is 0 Å². The van der Waals surface area contributed by atoms with E-state index in [0.717, 1.165) is 0 Å². The summed E-state index contributed by atoms with van der Waals surface area (Å²) in [6, 6.07) is -0.0945. The minimum Gasteiger partial charge on any atom is -0.350 e. The Balaban J connectivity index is 2.84. The molecule has 2 unspecified atom stereocenters. The van der Waals surface area contributed by atoms with Gasteiger partial charge in [0, 0.05) is 29.2 Å². The molecular formula is C19H38N4O2. The Labute approximate surface area is 153 Å². The maximum absolute atomic E-state index is 12.7. The Bertz CT molecular complexity index is 483. The van der Waals surface area contributed by atoms with E-state index in [0.29, 0.717) is 13.0 Å². The summed E-state index contributed by atoms with van der Waals surface area (Å²) in [5.74, 6) is -0.0493. The average Bonchev–Trinajstić information content (AvgIpc) is 2.63. The van der Waals surface area contributed by atoms with Crippen LogP contribution in [-0.4, -0.2) is 58.5 Å². The van der Waals surface area contributed by atoms with Crippen LogP contribution in [-0.2, 0) is 9.59 Å². The second-order valence-electron chi connectivity index (χ2n) is 10.3. The summed E-state index contributed by atoms with van der Waals surface area (Å²) in [5.41, 5.74) is -0.589. The van der Waals surface area contributed by atoms with Crippen molar-refractivity contribution in [2.45, 2.75) is 97.4 Å². The van der Waals surface area contributed by atoms with E-state index in [4.69, 9.17) is 0 Å². The SMILES string of the molecule is CC(C)(C)NC(=O)CN1CC(NC(C)(C)C)CC1C(=O)NC(C)(C)C. The highest BCUT2D eigenvalue weighted by molar-refractivity contribution is 5.84. The molecule has 3 N–H and O–H groups in total. The number of nitrogens with one attached hydrogen (secondary N) is 3. The number of likely N-dealkylation sites (tertiary alicyclic amines) is 1. The number of carbonyl (C=O) groups is 2. The van der Waals surface area contributed by atoms with Gasteiger partial charge in [0.05, 0.1) is 12.6 Å². The molecule has 2 atom stereocenters. The van der Waals surface area contributed by atoms with Gasteiger partial charge in [-0.25, -0.2) is 0 Å². The molecule has 1 saturated heterocycles. The number of nitrogens with zero attached hydrogens (tertiary/aromatic N) is 1. The van der Waals surface area contributed by atoms with E-state index in [9.17, 15) is 9.59 Å². The predicted molar refractivity (Wildman–Crippen MR) is 102 cm³/mol. The molecule has 0 aliphatic carbocycles. The second kappa shape index (κ2) is 7.62. The number of hydrogen-bond acceptors (Lipinski definition) is 4. The first-order valence-corrected chi connectivity index (χ1v) is 9.20. The van der Waals surface area contributed by atoms with E-state index >= 15 is 0 Å². The van der Waals surface area contributed by atoms with Crippen LogP contribution in [0, 0.1) is 0 Å². The number of rotatable bonds is 4. The maximum atomic E-state index is 12.7. The van der Waals surface area contributed by atoms with Crippen LogP contribution in [0.5, 0.6) is 0 Å². The molecular weight excluding hydrogens is 316 g/mol. The molecule has 0 bridgehead atoms. The molecule has 0 aromatic heterocycles. The van der Waals surface area contributed by atoms with E-state index in [-0.39, 0.29) is 47.1 Å². The van der Waals surface area contributed by atoms with Gasteiger partial charge in [0.15, 0.2) is 0 Å². The van der Waals surface area contributed by atoms with Gasteiger partial charge in [-0.1, -0.05) is 0 Å². The van der Waals surface area contributed by atoms with Crippen LogP contribution in [0.3, 0.4) is 0 Å². The van der Waals surface area contributed by atoms with Crippen molar-refractivity contribution in [1.82, 2.24) is 20.9 Å². The van der Waals surface area contributed by atoms with Crippen molar-refractivity contribution in [2.75, 3.05) is 13.1 Å². The molecule has 2 amide bonds. The third-order valence-corrected chi connectivity index (χ3v) is 3.70. The Morgan fingerprint density at radius 3 is 1.84 bits per heavy atom. The van der Waals surface area contributed by atoms with Gasteiger partial charge in [0.1, 0.15) is 0 Å². The minimum absolute atomic E-state index is 0.00531. The van der Waals surface area contributed by atoms with Crippen molar-refractivity contribution < 1.29 is 9.59 Å². The first kappa shape index (κ1) is 21.9. The lowest BCUT2D eigenvalue weighted by Crippen LogP contribution is -2.53. The highest BCUT2D eigenvalue weighted by Crippen LogP contribution is 2.21. The zero-order valence-electron chi connectivity index (χ0n) is 17.5. The summed E-state index contributed by atoms with van der Waals surface area (Å²) in [6.07, 6.45) is 0.710. The largest absolute Gasteiger partial charge is 0.350 e. The molecule has 1 heterocycles. The normalized spacial score (nSPS) is 22.8. The molecule has 25 heavy (non-hydrogen) atoms. The fourth-order valence-electron chi connectivity index (χ4n) is 3.16. The molecule has 1 aliphatic rings. The van der Waals surface area contributed by atoms with Gasteiger partial charge in [-0.2, -0.15) is 0 Å². The lowest BCUT2D eigenvalue weighted by atomic mass is 10.0. The fraction of sp³-hybridized carbons (Fsp3) is 0.895. The summed E-state index contributed by atoms with van der Waals surface area (Å²) < 4.78 is 0. The summed E-state index contributed by atoms with van der Waals surface area (Å²) >= 11 is 0.